The number of rotatable bonds is 6. The standard InChI is InChI=1S/C16H15NO5S/c1-3-8-22-12-7-5-4-6-11(12)9-13-15(19)17(16(20)23-13)10-14(18)21-2/h3-7,9H,1,8,10H2,2H3/b13-9-. The molecule has 1 aliphatic rings. The summed E-state index contributed by atoms with van der Waals surface area (Å²) in [5, 5.41) is -0.504. The third kappa shape index (κ3) is 4.01. The molecular formula is C16H15NO5S. The van der Waals surface area contributed by atoms with Gasteiger partial charge in [-0.2, -0.15) is 0 Å². The van der Waals surface area contributed by atoms with E-state index in [2.05, 4.69) is 11.3 Å². The van der Waals surface area contributed by atoms with Gasteiger partial charge in [-0.1, -0.05) is 30.9 Å². The van der Waals surface area contributed by atoms with Gasteiger partial charge in [-0.3, -0.25) is 19.3 Å². The maximum atomic E-state index is 12.2. The van der Waals surface area contributed by atoms with Crippen molar-refractivity contribution in [3.8, 4) is 5.75 Å². The van der Waals surface area contributed by atoms with Crippen molar-refractivity contribution in [3.63, 3.8) is 0 Å². The number of benzene rings is 1. The molecule has 120 valence electrons. The summed E-state index contributed by atoms with van der Waals surface area (Å²) in [7, 11) is 1.20. The van der Waals surface area contributed by atoms with E-state index in [1.54, 1.807) is 36.4 Å². The van der Waals surface area contributed by atoms with Crippen LogP contribution in [0.1, 0.15) is 5.56 Å². The quantitative estimate of drug-likeness (QED) is 0.452. The minimum Gasteiger partial charge on any atom is -0.489 e. The number of amides is 2. The fourth-order valence-electron chi connectivity index (χ4n) is 1.85. The summed E-state index contributed by atoms with van der Waals surface area (Å²) in [6.07, 6.45) is 3.18. The SMILES string of the molecule is C=CCOc1ccccc1/C=C1\SC(=O)N(CC(=O)OC)C1=O. The first-order chi connectivity index (χ1) is 11.1. The van der Waals surface area contributed by atoms with Crippen LogP contribution < -0.4 is 4.74 Å². The molecule has 0 bridgehead atoms. The lowest BCUT2D eigenvalue weighted by atomic mass is 10.2. The van der Waals surface area contributed by atoms with Crippen LogP contribution >= 0.6 is 11.8 Å². The first-order valence-corrected chi connectivity index (χ1v) is 7.53. The molecule has 1 aliphatic heterocycles. The fourth-order valence-corrected chi connectivity index (χ4v) is 2.68. The van der Waals surface area contributed by atoms with Gasteiger partial charge in [0, 0.05) is 5.56 Å². The second-order valence-corrected chi connectivity index (χ2v) is 5.47. The molecule has 7 heteroatoms. The van der Waals surface area contributed by atoms with Crippen LogP contribution in [0.5, 0.6) is 5.75 Å². The molecule has 1 saturated heterocycles. The maximum Gasteiger partial charge on any atom is 0.325 e. The Bertz CT molecular complexity index is 683. The highest BCUT2D eigenvalue weighted by molar-refractivity contribution is 8.18. The number of imide groups is 1. The lowest BCUT2D eigenvalue weighted by Gasteiger charge is -2.10. The number of ether oxygens (including phenoxy) is 2. The van der Waals surface area contributed by atoms with Crippen LogP contribution in [0.4, 0.5) is 4.79 Å². The molecular weight excluding hydrogens is 318 g/mol. The molecule has 23 heavy (non-hydrogen) atoms. The summed E-state index contributed by atoms with van der Waals surface area (Å²) in [6.45, 7) is 3.51. The van der Waals surface area contributed by atoms with E-state index in [1.165, 1.54) is 7.11 Å². The van der Waals surface area contributed by atoms with Gasteiger partial charge >= 0.3 is 5.97 Å². The zero-order valence-electron chi connectivity index (χ0n) is 12.5. The van der Waals surface area contributed by atoms with Crippen molar-refractivity contribution in [1.82, 2.24) is 4.90 Å². The molecule has 0 radical (unpaired) electrons. The summed E-state index contributed by atoms with van der Waals surface area (Å²) in [5.74, 6) is -0.598. The first-order valence-electron chi connectivity index (χ1n) is 6.71. The zero-order chi connectivity index (χ0) is 16.8. The van der Waals surface area contributed by atoms with E-state index < -0.39 is 23.7 Å². The number of hydrogen-bond acceptors (Lipinski definition) is 6. The Kier molecular flexibility index (Phi) is 5.59. The van der Waals surface area contributed by atoms with Gasteiger partial charge in [0.05, 0.1) is 12.0 Å². The van der Waals surface area contributed by atoms with Crippen molar-refractivity contribution in [2.24, 2.45) is 0 Å². The maximum absolute atomic E-state index is 12.2. The number of thioether (sulfide) groups is 1. The van der Waals surface area contributed by atoms with Gasteiger partial charge in [0.1, 0.15) is 18.9 Å². The van der Waals surface area contributed by atoms with Gasteiger partial charge in [0.15, 0.2) is 0 Å². The molecule has 1 aromatic rings. The van der Waals surface area contributed by atoms with Gasteiger partial charge in [-0.25, -0.2) is 0 Å². The summed E-state index contributed by atoms with van der Waals surface area (Å²) >= 11 is 0.777. The summed E-state index contributed by atoms with van der Waals surface area (Å²) in [6, 6.07) is 7.13. The van der Waals surface area contributed by atoms with Gasteiger partial charge in [-0.05, 0) is 23.9 Å². The molecule has 0 spiro atoms. The minimum atomic E-state index is -0.650. The Morgan fingerprint density at radius 3 is 2.78 bits per heavy atom. The molecule has 1 aromatic carbocycles. The molecule has 0 aliphatic carbocycles. The lowest BCUT2D eigenvalue weighted by molar-refractivity contribution is -0.143. The zero-order valence-corrected chi connectivity index (χ0v) is 13.3. The van der Waals surface area contributed by atoms with Crippen LogP contribution in [0.25, 0.3) is 6.08 Å². The Morgan fingerprint density at radius 2 is 2.09 bits per heavy atom. The molecule has 0 saturated carbocycles. The highest BCUT2D eigenvalue weighted by Crippen LogP contribution is 2.33. The number of esters is 1. The highest BCUT2D eigenvalue weighted by atomic mass is 32.2. The second-order valence-electron chi connectivity index (χ2n) is 4.48. The number of hydrogen-bond donors (Lipinski definition) is 0. The number of para-hydroxylation sites is 1. The van der Waals surface area contributed by atoms with Crippen LogP contribution in [0, 0.1) is 0 Å². The van der Waals surface area contributed by atoms with E-state index in [0.717, 1.165) is 16.7 Å². The van der Waals surface area contributed by atoms with E-state index in [9.17, 15) is 14.4 Å². The number of carbonyl (C=O) groups is 3. The van der Waals surface area contributed by atoms with E-state index in [1.807, 2.05) is 0 Å². The van der Waals surface area contributed by atoms with Crippen LogP contribution in [-0.4, -0.2) is 42.3 Å². The molecule has 1 heterocycles. The monoisotopic (exact) mass is 333 g/mol. The van der Waals surface area contributed by atoms with Crippen LogP contribution in [0.2, 0.25) is 0 Å². The van der Waals surface area contributed by atoms with E-state index >= 15 is 0 Å². The number of methoxy groups -OCH3 is 1. The Hall–Kier alpha value is -2.54. The smallest absolute Gasteiger partial charge is 0.325 e. The highest BCUT2D eigenvalue weighted by Gasteiger charge is 2.36. The van der Waals surface area contributed by atoms with Crippen molar-refractivity contribution in [2.45, 2.75) is 0 Å². The van der Waals surface area contributed by atoms with Crippen molar-refractivity contribution in [2.75, 3.05) is 20.3 Å². The molecule has 1 fully saturated rings. The lowest BCUT2D eigenvalue weighted by Crippen LogP contribution is -2.34. The topological polar surface area (TPSA) is 72.9 Å². The molecule has 2 amide bonds. The van der Waals surface area contributed by atoms with Crippen LogP contribution in [0.15, 0.2) is 41.8 Å². The number of carbonyl (C=O) groups excluding carboxylic acids is 3. The fraction of sp³-hybridized carbons (Fsp3) is 0.188. The normalized spacial score (nSPS) is 15.9. The number of nitrogens with zero attached hydrogens (tertiary/aromatic N) is 1. The van der Waals surface area contributed by atoms with Crippen molar-refractivity contribution in [1.29, 1.82) is 0 Å². The molecule has 6 nitrogen and oxygen atoms in total. The van der Waals surface area contributed by atoms with Crippen LogP contribution in [-0.2, 0) is 14.3 Å². The Balaban J connectivity index is 2.24. The van der Waals surface area contributed by atoms with Gasteiger partial charge in [0.2, 0.25) is 0 Å². The van der Waals surface area contributed by atoms with E-state index in [0.29, 0.717) is 17.9 Å². The Labute approximate surface area is 137 Å². The third-order valence-electron chi connectivity index (χ3n) is 2.95. The summed E-state index contributed by atoms with van der Waals surface area (Å²) < 4.78 is 9.99. The van der Waals surface area contributed by atoms with Crippen LogP contribution in [0.3, 0.4) is 0 Å². The van der Waals surface area contributed by atoms with Gasteiger partial charge in [0.25, 0.3) is 11.1 Å². The van der Waals surface area contributed by atoms with Gasteiger partial charge in [-0.15, -0.1) is 0 Å². The molecule has 2 rings (SSSR count). The van der Waals surface area contributed by atoms with Crippen molar-refractivity contribution >= 4 is 35.0 Å². The predicted octanol–water partition coefficient (Wildman–Crippen LogP) is 2.46. The second kappa shape index (κ2) is 7.64. The minimum absolute atomic E-state index is 0.230. The predicted molar refractivity (Wildman–Crippen MR) is 86.8 cm³/mol. The van der Waals surface area contributed by atoms with Gasteiger partial charge < -0.3 is 9.47 Å². The summed E-state index contributed by atoms with van der Waals surface area (Å²) in [4.78, 5) is 36.5. The molecule has 0 unspecified atom stereocenters. The average molecular weight is 333 g/mol. The third-order valence-corrected chi connectivity index (χ3v) is 3.86. The summed E-state index contributed by atoms with van der Waals surface area (Å²) in [5.41, 5.74) is 0.665. The van der Waals surface area contributed by atoms with E-state index in [-0.39, 0.29) is 4.91 Å². The van der Waals surface area contributed by atoms with E-state index in [4.69, 9.17) is 4.74 Å². The largest absolute Gasteiger partial charge is 0.489 e. The molecule has 0 atom stereocenters. The molecule has 0 N–H and O–H groups in total. The van der Waals surface area contributed by atoms with Crippen molar-refractivity contribution in [3.05, 3.63) is 47.4 Å². The Morgan fingerprint density at radius 1 is 1.35 bits per heavy atom. The first kappa shape index (κ1) is 16.8. The van der Waals surface area contributed by atoms with Crippen molar-refractivity contribution < 1.29 is 23.9 Å². The molecule has 0 aromatic heterocycles. The average Bonchev–Trinajstić information content (AvgIpc) is 2.81.